The van der Waals surface area contributed by atoms with Gasteiger partial charge in [-0.05, 0) is 49.1 Å². The molecule has 0 aromatic heterocycles. The van der Waals surface area contributed by atoms with Gasteiger partial charge in [-0.1, -0.05) is 37.3 Å². The SMILES string of the molecule is CCc1ccccc1OCC(O)CNC(C)Cc1ccc(O)cc1. The molecule has 0 amide bonds. The third kappa shape index (κ3) is 5.87. The van der Waals surface area contributed by atoms with Gasteiger partial charge in [0, 0.05) is 12.6 Å². The number of rotatable bonds is 9. The van der Waals surface area contributed by atoms with Crippen molar-refractivity contribution in [3.63, 3.8) is 0 Å². The fourth-order valence-corrected chi connectivity index (χ4v) is 2.58. The Morgan fingerprint density at radius 3 is 2.50 bits per heavy atom. The maximum Gasteiger partial charge on any atom is 0.122 e. The molecule has 3 N–H and O–H groups in total. The van der Waals surface area contributed by atoms with Crippen molar-refractivity contribution in [3.05, 3.63) is 59.7 Å². The van der Waals surface area contributed by atoms with Gasteiger partial charge < -0.3 is 20.3 Å². The Morgan fingerprint density at radius 1 is 1.08 bits per heavy atom. The largest absolute Gasteiger partial charge is 0.508 e. The summed E-state index contributed by atoms with van der Waals surface area (Å²) in [6, 6.07) is 15.3. The van der Waals surface area contributed by atoms with E-state index in [0.717, 1.165) is 29.7 Å². The number of ether oxygens (including phenoxy) is 1. The topological polar surface area (TPSA) is 61.7 Å². The van der Waals surface area contributed by atoms with Crippen molar-refractivity contribution in [2.24, 2.45) is 0 Å². The maximum absolute atomic E-state index is 10.1. The fourth-order valence-electron chi connectivity index (χ4n) is 2.58. The highest BCUT2D eigenvalue weighted by molar-refractivity contribution is 5.33. The number of phenols is 1. The smallest absolute Gasteiger partial charge is 0.122 e. The quantitative estimate of drug-likeness (QED) is 0.662. The van der Waals surface area contributed by atoms with Crippen molar-refractivity contribution in [3.8, 4) is 11.5 Å². The van der Waals surface area contributed by atoms with Gasteiger partial charge in [0.25, 0.3) is 0 Å². The summed E-state index contributed by atoms with van der Waals surface area (Å²) in [5, 5.41) is 22.7. The summed E-state index contributed by atoms with van der Waals surface area (Å²) in [7, 11) is 0. The number of hydrogen-bond acceptors (Lipinski definition) is 4. The lowest BCUT2D eigenvalue weighted by atomic mass is 10.1. The molecule has 0 radical (unpaired) electrons. The van der Waals surface area contributed by atoms with Crippen LogP contribution in [0.15, 0.2) is 48.5 Å². The van der Waals surface area contributed by atoms with Crippen LogP contribution in [0, 0.1) is 0 Å². The molecule has 0 bridgehead atoms. The van der Waals surface area contributed by atoms with Gasteiger partial charge in [0.15, 0.2) is 0 Å². The Morgan fingerprint density at radius 2 is 1.79 bits per heavy atom. The van der Waals surface area contributed by atoms with Crippen LogP contribution in [0.1, 0.15) is 25.0 Å². The second-order valence-electron chi connectivity index (χ2n) is 6.11. The molecule has 0 aliphatic heterocycles. The number of benzene rings is 2. The summed E-state index contributed by atoms with van der Waals surface area (Å²) >= 11 is 0. The average Bonchev–Trinajstić information content (AvgIpc) is 2.60. The van der Waals surface area contributed by atoms with E-state index < -0.39 is 6.10 Å². The van der Waals surface area contributed by atoms with Crippen LogP contribution in [-0.4, -0.2) is 35.5 Å². The van der Waals surface area contributed by atoms with Crippen molar-refractivity contribution in [1.82, 2.24) is 5.32 Å². The van der Waals surface area contributed by atoms with Crippen LogP contribution in [0.25, 0.3) is 0 Å². The number of aromatic hydroxyl groups is 1. The van der Waals surface area contributed by atoms with E-state index >= 15 is 0 Å². The van der Waals surface area contributed by atoms with Crippen LogP contribution in [0.3, 0.4) is 0 Å². The number of aliphatic hydroxyl groups is 1. The molecule has 0 saturated carbocycles. The first kappa shape index (κ1) is 18.3. The van der Waals surface area contributed by atoms with E-state index in [2.05, 4.69) is 19.2 Å². The first-order valence-electron chi connectivity index (χ1n) is 8.48. The van der Waals surface area contributed by atoms with Crippen molar-refractivity contribution in [2.75, 3.05) is 13.2 Å². The number of aliphatic hydroxyl groups excluding tert-OH is 1. The van der Waals surface area contributed by atoms with Crippen molar-refractivity contribution < 1.29 is 14.9 Å². The van der Waals surface area contributed by atoms with Gasteiger partial charge in [0.2, 0.25) is 0 Å². The van der Waals surface area contributed by atoms with E-state index in [4.69, 9.17) is 4.74 Å². The van der Waals surface area contributed by atoms with Crippen LogP contribution in [0.5, 0.6) is 11.5 Å². The fraction of sp³-hybridized carbons (Fsp3) is 0.400. The Balaban J connectivity index is 1.72. The summed E-state index contributed by atoms with van der Waals surface area (Å²) in [6.45, 7) is 4.92. The molecule has 24 heavy (non-hydrogen) atoms. The van der Waals surface area contributed by atoms with Gasteiger partial charge in [0.05, 0.1) is 0 Å². The van der Waals surface area contributed by atoms with E-state index in [-0.39, 0.29) is 18.4 Å². The Hall–Kier alpha value is -2.04. The van der Waals surface area contributed by atoms with Crippen LogP contribution < -0.4 is 10.1 Å². The highest BCUT2D eigenvalue weighted by atomic mass is 16.5. The molecule has 2 aromatic rings. The normalized spacial score (nSPS) is 13.5. The Kier molecular flexibility index (Phi) is 7.09. The van der Waals surface area contributed by atoms with Gasteiger partial charge in [-0.15, -0.1) is 0 Å². The van der Waals surface area contributed by atoms with Crippen molar-refractivity contribution in [2.45, 2.75) is 38.8 Å². The second-order valence-corrected chi connectivity index (χ2v) is 6.11. The van der Waals surface area contributed by atoms with Gasteiger partial charge >= 0.3 is 0 Å². The highest BCUT2D eigenvalue weighted by Crippen LogP contribution is 2.18. The van der Waals surface area contributed by atoms with Gasteiger partial charge in [-0.2, -0.15) is 0 Å². The molecule has 0 fully saturated rings. The molecule has 2 unspecified atom stereocenters. The Bertz CT molecular complexity index is 613. The third-order valence-corrected chi connectivity index (χ3v) is 3.96. The van der Waals surface area contributed by atoms with Crippen LogP contribution >= 0.6 is 0 Å². The molecule has 0 spiro atoms. The zero-order valence-electron chi connectivity index (χ0n) is 14.4. The van der Waals surface area contributed by atoms with E-state index in [0.29, 0.717) is 6.54 Å². The molecule has 0 aliphatic carbocycles. The average molecular weight is 329 g/mol. The standard InChI is InChI=1S/C20H27NO3/c1-3-17-6-4-5-7-20(17)24-14-19(23)13-21-15(2)12-16-8-10-18(22)11-9-16/h4-11,15,19,21-23H,3,12-14H2,1-2H3. The summed E-state index contributed by atoms with van der Waals surface area (Å²) < 4.78 is 5.74. The summed E-state index contributed by atoms with van der Waals surface area (Å²) in [5.41, 5.74) is 2.30. The number of para-hydroxylation sites is 1. The zero-order chi connectivity index (χ0) is 17.4. The van der Waals surface area contributed by atoms with Crippen LogP contribution in [-0.2, 0) is 12.8 Å². The van der Waals surface area contributed by atoms with Crippen molar-refractivity contribution >= 4 is 0 Å². The van der Waals surface area contributed by atoms with Gasteiger partial charge in [-0.3, -0.25) is 0 Å². The molecule has 2 rings (SSSR count). The third-order valence-electron chi connectivity index (χ3n) is 3.96. The zero-order valence-corrected chi connectivity index (χ0v) is 14.4. The second kappa shape index (κ2) is 9.30. The maximum atomic E-state index is 10.1. The van der Waals surface area contributed by atoms with Crippen molar-refractivity contribution in [1.29, 1.82) is 0 Å². The van der Waals surface area contributed by atoms with Crippen LogP contribution in [0.2, 0.25) is 0 Å². The minimum absolute atomic E-state index is 0.229. The predicted octanol–water partition coefficient (Wildman–Crippen LogP) is 2.92. The number of nitrogens with one attached hydrogen (secondary N) is 1. The lowest BCUT2D eigenvalue weighted by Gasteiger charge is -2.18. The van der Waals surface area contributed by atoms with E-state index in [1.54, 1.807) is 12.1 Å². The molecule has 0 aliphatic rings. The van der Waals surface area contributed by atoms with E-state index in [9.17, 15) is 10.2 Å². The molecule has 0 saturated heterocycles. The molecular formula is C20H27NO3. The first-order valence-corrected chi connectivity index (χ1v) is 8.48. The molecule has 130 valence electrons. The molecule has 2 atom stereocenters. The number of aryl methyl sites for hydroxylation is 1. The Labute approximate surface area is 144 Å². The lowest BCUT2D eigenvalue weighted by Crippen LogP contribution is -2.37. The minimum Gasteiger partial charge on any atom is -0.508 e. The summed E-state index contributed by atoms with van der Waals surface area (Å²) in [6.07, 6.45) is 1.19. The van der Waals surface area contributed by atoms with Gasteiger partial charge in [-0.25, -0.2) is 0 Å². The van der Waals surface area contributed by atoms with E-state index in [1.807, 2.05) is 36.4 Å². The molecule has 2 aromatic carbocycles. The molecule has 0 heterocycles. The van der Waals surface area contributed by atoms with E-state index in [1.165, 1.54) is 0 Å². The van der Waals surface area contributed by atoms with Gasteiger partial charge in [0.1, 0.15) is 24.2 Å². The molecule has 4 heteroatoms. The minimum atomic E-state index is -0.558. The molecule has 4 nitrogen and oxygen atoms in total. The summed E-state index contributed by atoms with van der Waals surface area (Å²) in [4.78, 5) is 0. The first-order chi connectivity index (χ1) is 11.6. The lowest BCUT2D eigenvalue weighted by molar-refractivity contribution is 0.103. The molecular weight excluding hydrogens is 302 g/mol. The predicted molar refractivity (Wildman–Crippen MR) is 96.6 cm³/mol. The monoisotopic (exact) mass is 329 g/mol. The number of hydrogen-bond donors (Lipinski definition) is 3. The summed E-state index contributed by atoms with van der Waals surface area (Å²) in [5.74, 6) is 1.12. The highest BCUT2D eigenvalue weighted by Gasteiger charge is 2.10. The number of phenolic OH excluding ortho intramolecular Hbond substituents is 1. The van der Waals surface area contributed by atoms with Crippen LogP contribution in [0.4, 0.5) is 0 Å².